The van der Waals surface area contributed by atoms with Gasteiger partial charge in [0.15, 0.2) is 5.82 Å². The van der Waals surface area contributed by atoms with Crippen LogP contribution in [0.25, 0.3) is 11.4 Å². The van der Waals surface area contributed by atoms with Crippen LogP contribution in [0.2, 0.25) is 0 Å². The monoisotopic (exact) mass is 367 g/mol. The summed E-state index contributed by atoms with van der Waals surface area (Å²) in [5.74, 6) is 1.72. The number of benzene rings is 1. The SMILES string of the molecule is CCc1nc(-c2c(C)cccc2C)nc(NC)c1I. The third kappa shape index (κ3) is 2.73. The molecule has 0 aliphatic heterocycles. The van der Waals surface area contributed by atoms with Gasteiger partial charge in [-0.3, -0.25) is 0 Å². The molecule has 0 unspecified atom stereocenters. The fourth-order valence-corrected chi connectivity index (χ4v) is 3.06. The van der Waals surface area contributed by atoms with E-state index in [1.165, 1.54) is 11.1 Å². The van der Waals surface area contributed by atoms with Crippen molar-refractivity contribution in [3.63, 3.8) is 0 Å². The zero-order valence-corrected chi connectivity index (χ0v) is 13.9. The van der Waals surface area contributed by atoms with Gasteiger partial charge in [0.2, 0.25) is 0 Å². The number of nitrogens with one attached hydrogen (secondary N) is 1. The minimum absolute atomic E-state index is 0.817. The first kappa shape index (κ1) is 14.2. The van der Waals surface area contributed by atoms with Crippen LogP contribution in [-0.4, -0.2) is 17.0 Å². The van der Waals surface area contributed by atoms with Crippen LogP contribution < -0.4 is 5.32 Å². The molecular weight excluding hydrogens is 349 g/mol. The number of aryl methyl sites for hydroxylation is 3. The predicted molar refractivity (Wildman–Crippen MR) is 88.6 cm³/mol. The van der Waals surface area contributed by atoms with Gasteiger partial charge in [0.1, 0.15) is 5.82 Å². The summed E-state index contributed by atoms with van der Waals surface area (Å²) in [5, 5.41) is 3.16. The highest BCUT2D eigenvalue weighted by molar-refractivity contribution is 14.1. The van der Waals surface area contributed by atoms with E-state index in [9.17, 15) is 0 Å². The molecule has 19 heavy (non-hydrogen) atoms. The second-order valence-corrected chi connectivity index (χ2v) is 5.61. The molecule has 0 radical (unpaired) electrons. The summed E-state index contributed by atoms with van der Waals surface area (Å²) in [6.07, 6.45) is 0.910. The maximum absolute atomic E-state index is 4.73. The lowest BCUT2D eigenvalue weighted by atomic mass is 10.0. The van der Waals surface area contributed by atoms with E-state index in [-0.39, 0.29) is 0 Å². The summed E-state index contributed by atoms with van der Waals surface area (Å²) >= 11 is 2.31. The first-order valence-electron chi connectivity index (χ1n) is 6.39. The van der Waals surface area contributed by atoms with Gasteiger partial charge in [0, 0.05) is 12.6 Å². The van der Waals surface area contributed by atoms with E-state index in [1.54, 1.807) is 0 Å². The predicted octanol–water partition coefficient (Wildman–Crippen LogP) is 3.97. The van der Waals surface area contributed by atoms with Gasteiger partial charge in [-0.1, -0.05) is 25.1 Å². The second-order valence-electron chi connectivity index (χ2n) is 4.53. The Morgan fingerprint density at radius 1 is 1.16 bits per heavy atom. The van der Waals surface area contributed by atoms with Crippen LogP contribution in [0.3, 0.4) is 0 Å². The first-order valence-corrected chi connectivity index (χ1v) is 7.47. The van der Waals surface area contributed by atoms with Gasteiger partial charge in [0.25, 0.3) is 0 Å². The third-order valence-corrected chi connectivity index (χ3v) is 4.33. The number of hydrogen-bond donors (Lipinski definition) is 1. The Morgan fingerprint density at radius 2 is 1.79 bits per heavy atom. The molecule has 1 aromatic heterocycles. The largest absolute Gasteiger partial charge is 0.372 e. The Morgan fingerprint density at radius 3 is 2.32 bits per heavy atom. The van der Waals surface area contributed by atoms with E-state index < -0.39 is 0 Å². The number of anilines is 1. The van der Waals surface area contributed by atoms with Crippen molar-refractivity contribution in [1.82, 2.24) is 9.97 Å². The van der Waals surface area contributed by atoms with Gasteiger partial charge in [-0.05, 0) is 54.0 Å². The summed E-state index contributed by atoms with van der Waals surface area (Å²) in [6.45, 7) is 6.33. The fourth-order valence-electron chi connectivity index (χ4n) is 2.17. The second kappa shape index (κ2) is 5.86. The first-order chi connectivity index (χ1) is 9.08. The average molecular weight is 367 g/mol. The zero-order chi connectivity index (χ0) is 14.0. The third-order valence-electron chi connectivity index (χ3n) is 3.20. The number of hydrogen-bond acceptors (Lipinski definition) is 3. The van der Waals surface area contributed by atoms with Gasteiger partial charge < -0.3 is 5.32 Å². The number of rotatable bonds is 3. The Kier molecular flexibility index (Phi) is 4.39. The summed E-state index contributed by atoms with van der Waals surface area (Å²) < 4.78 is 1.11. The van der Waals surface area contributed by atoms with E-state index in [0.29, 0.717) is 0 Å². The summed E-state index contributed by atoms with van der Waals surface area (Å²) in [5.41, 5.74) is 4.67. The van der Waals surface area contributed by atoms with E-state index in [2.05, 4.69) is 71.9 Å². The molecule has 1 N–H and O–H groups in total. The molecule has 4 heteroatoms. The Labute approximate surface area is 128 Å². The molecule has 0 atom stereocenters. The summed E-state index contributed by atoms with van der Waals surface area (Å²) in [4.78, 5) is 9.39. The standard InChI is InChI=1S/C15H18IN3/c1-5-11-13(16)15(17-4)19-14(18-11)12-9(2)7-6-8-10(12)3/h6-8H,5H2,1-4H3,(H,17,18,19). The molecule has 0 bridgehead atoms. The minimum atomic E-state index is 0.817. The molecule has 2 aromatic rings. The Bertz CT molecular complexity index is 563. The van der Waals surface area contributed by atoms with E-state index in [0.717, 1.165) is 32.9 Å². The molecule has 2 rings (SSSR count). The van der Waals surface area contributed by atoms with Crippen LogP contribution in [0, 0.1) is 17.4 Å². The zero-order valence-electron chi connectivity index (χ0n) is 11.7. The lowest BCUT2D eigenvalue weighted by Crippen LogP contribution is -2.06. The van der Waals surface area contributed by atoms with Crippen molar-refractivity contribution in [2.45, 2.75) is 27.2 Å². The molecule has 0 fully saturated rings. The topological polar surface area (TPSA) is 37.8 Å². The van der Waals surface area contributed by atoms with Gasteiger partial charge in [-0.25, -0.2) is 9.97 Å². The van der Waals surface area contributed by atoms with Crippen LogP contribution >= 0.6 is 22.6 Å². The molecule has 1 aromatic carbocycles. The van der Waals surface area contributed by atoms with Crippen molar-refractivity contribution in [1.29, 1.82) is 0 Å². The van der Waals surface area contributed by atoms with Gasteiger partial charge in [-0.15, -0.1) is 0 Å². The Hall–Kier alpha value is -1.17. The highest BCUT2D eigenvalue weighted by Gasteiger charge is 2.14. The van der Waals surface area contributed by atoms with Crippen molar-refractivity contribution in [2.75, 3.05) is 12.4 Å². The van der Waals surface area contributed by atoms with Crippen molar-refractivity contribution in [2.24, 2.45) is 0 Å². The van der Waals surface area contributed by atoms with Crippen molar-refractivity contribution < 1.29 is 0 Å². The van der Waals surface area contributed by atoms with Crippen LogP contribution in [0.5, 0.6) is 0 Å². The molecule has 100 valence electrons. The molecule has 0 saturated heterocycles. The van der Waals surface area contributed by atoms with Gasteiger partial charge >= 0.3 is 0 Å². The number of nitrogens with zero attached hydrogens (tertiary/aromatic N) is 2. The lowest BCUT2D eigenvalue weighted by molar-refractivity contribution is 0.987. The maximum atomic E-state index is 4.73. The smallest absolute Gasteiger partial charge is 0.162 e. The van der Waals surface area contributed by atoms with Crippen molar-refractivity contribution in [3.05, 3.63) is 38.6 Å². The Balaban J connectivity index is 2.69. The highest BCUT2D eigenvalue weighted by Crippen LogP contribution is 2.28. The van der Waals surface area contributed by atoms with Crippen molar-refractivity contribution >= 4 is 28.4 Å². The quantitative estimate of drug-likeness (QED) is 0.835. The number of aromatic nitrogens is 2. The highest BCUT2D eigenvalue weighted by atomic mass is 127. The average Bonchev–Trinajstić information content (AvgIpc) is 2.40. The van der Waals surface area contributed by atoms with Crippen LogP contribution in [0.1, 0.15) is 23.7 Å². The fraction of sp³-hybridized carbons (Fsp3) is 0.333. The summed E-state index contributed by atoms with van der Waals surface area (Å²) in [7, 11) is 1.90. The molecule has 0 aliphatic carbocycles. The maximum Gasteiger partial charge on any atom is 0.162 e. The lowest BCUT2D eigenvalue weighted by Gasteiger charge is -2.13. The van der Waals surface area contributed by atoms with Crippen LogP contribution in [0.15, 0.2) is 18.2 Å². The van der Waals surface area contributed by atoms with Crippen molar-refractivity contribution in [3.8, 4) is 11.4 Å². The van der Waals surface area contributed by atoms with E-state index >= 15 is 0 Å². The minimum Gasteiger partial charge on any atom is -0.372 e. The van der Waals surface area contributed by atoms with E-state index in [1.807, 2.05) is 7.05 Å². The summed E-state index contributed by atoms with van der Waals surface area (Å²) in [6, 6.07) is 6.28. The van der Waals surface area contributed by atoms with Crippen LogP contribution in [0.4, 0.5) is 5.82 Å². The molecule has 1 heterocycles. The van der Waals surface area contributed by atoms with E-state index in [4.69, 9.17) is 4.98 Å². The van der Waals surface area contributed by atoms with Crippen LogP contribution in [-0.2, 0) is 6.42 Å². The molecule has 0 saturated carbocycles. The molecular formula is C15H18IN3. The van der Waals surface area contributed by atoms with Gasteiger partial charge in [0.05, 0.1) is 9.26 Å². The molecule has 0 aliphatic rings. The number of halogens is 1. The van der Waals surface area contributed by atoms with Gasteiger partial charge in [-0.2, -0.15) is 0 Å². The molecule has 3 nitrogen and oxygen atoms in total. The molecule has 0 spiro atoms. The normalized spacial score (nSPS) is 10.6. The molecule has 0 amide bonds.